The van der Waals surface area contributed by atoms with Crippen LogP contribution in [0.15, 0.2) is 22.7 Å². The van der Waals surface area contributed by atoms with E-state index in [1.54, 1.807) is 26.1 Å². The van der Waals surface area contributed by atoms with Crippen molar-refractivity contribution in [2.45, 2.75) is 13.3 Å². The van der Waals surface area contributed by atoms with Crippen LogP contribution < -0.4 is 5.32 Å². The van der Waals surface area contributed by atoms with E-state index in [-0.39, 0.29) is 11.5 Å². The van der Waals surface area contributed by atoms with Crippen LogP contribution in [0.25, 0.3) is 0 Å². The van der Waals surface area contributed by atoms with Gasteiger partial charge in [0.15, 0.2) is 0 Å². The second kappa shape index (κ2) is 6.21. The molecule has 1 heterocycles. The van der Waals surface area contributed by atoms with Crippen LogP contribution in [0.5, 0.6) is 0 Å². The number of halogens is 2. The fourth-order valence-electron chi connectivity index (χ4n) is 2.08. The minimum atomic E-state index is -0.445. The van der Waals surface area contributed by atoms with Crippen molar-refractivity contribution in [1.29, 1.82) is 0 Å². The Bertz CT molecular complexity index is 687. The van der Waals surface area contributed by atoms with Crippen molar-refractivity contribution in [3.8, 4) is 0 Å². The van der Waals surface area contributed by atoms with Crippen LogP contribution in [-0.2, 0) is 13.5 Å². The van der Waals surface area contributed by atoms with Gasteiger partial charge in [-0.15, -0.1) is 0 Å². The molecule has 0 aliphatic carbocycles. The summed E-state index contributed by atoms with van der Waals surface area (Å²) in [6, 6.07) is 4.76. The topological polar surface area (TPSA) is 73.0 Å². The molecular weight excluding hydrogens is 343 g/mol. The molecule has 8 heteroatoms. The third-order valence-corrected chi connectivity index (χ3v) is 3.67. The zero-order valence-electron chi connectivity index (χ0n) is 11.6. The molecule has 0 atom stereocenters. The van der Waals surface area contributed by atoms with E-state index >= 15 is 0 Å². The van der Waals surface area contributed by atoms with E-state index in [9.17, 15) is 14.5 Å². The van der Waals surface area contributed by atoms with Crippen molar-refractivity contribution in [2.75, 3.05) is 11.9 Å². The van der Waals surface area contributed by atoms with Crippen LogP contribution in [0.1, 0.15) is 11.3 Å². The van der Waals surface area contributed by atoms with Crippen LogP contribution >= 0.6 is 15.9 Å². The smallest absolute Gasteiger partial charge is 0.333 e. The fraction of sp³-hybridized carbons (Fsp3) is 0.308. The lowest BCUT2D eigenvalue weighted by molar-refractivity contribution is -0.384. The molecule has 0 aliphatic rings. The number of benzene rings is 1. The Balaban J connectivity index is 2.07. The van der Waals surface area contributed by atoms with Crippen molar-refractivity contribution in [3.63, 3.8) is 0 Å². The number of nitrogens with zero attached hydrogens (tertiary/aromatic N) is 3. The van der Waals surface area contributed by atoms with Gasteiger partial charge in [0.05, 0.1) is 9.40 Å². The van der Waals surface area contributed by atoms with Gasteiger partial charge in [0.25, 0.3) is 0 Å². The highest BCUT2D eigenvalue weighted by Crippen LogP contribution is 2.27. The molecule has 0 spiro atoms. The van der Waals surface area contributed by atoms with Crippen molar-refractivity contribution in [1.82, 2.24) is 9.78 Å². The van der Waals surface area contributed by atoms with Gasteiger partial charge < -0.3 is 5.32 Å². The van der Waals surface area contributed by atoms with E-state index in [1.807, 2.05) is 0 Å². The molecule has 0 amide bonds. The highest BCUT2D eigenvalue weighted by atomic mass is 79.9. The lowest BCUT2D eigenvalue weighted by Crippen LogP contribution is -2.10. The number of hydrogen-bond donors (Lipinski definition) is 1. The van der Waals surface area contributed by atoms with Crippen LogP contribution in [-0.4, -0.2) is 21.2 Å². The summed E-state index contributed by atoms with van der Waals surface area (Å²) in [6.45, 7) is 2.08. The van der Waals surface area contributed by atoms with Gasteiger partial charge in [0.2, 0.25) is 5.82 Å². The summed E-state index contributed by atoms with van der Waals surface area (Å²) in [4.78, 5) is 10.6. The Morgan fingerprint density at radius 3 is 2.86 bits per heavy atom. The normalized spacial score (nSPS) is 10.7. The highest BCUT2D eigenvalue weighted by molar-refractivity contribution is 9.10. The lowest BCUT2D eigenvalue weighted by Gasteiger charge is -2.07. The van der Waals surface area contributed by atoms with Gasteiger partial charge in [-0.3, -0.25) is 10.1 Å². The average molecular weight is 357 g/mol. The second-order valence-electron chi connectivity index (χ2n) is 4.59. The number of aryl methyl sites for hydroxylation is 2. The van der Waals surface area contributed by atoms with Gasteiger partial charge in [-0.25, -0.2) is 9.07 Å². The number of nitro groups is 1. The van der Waals surface area contributed by atoms with E-state index in [0.29, 0.717) is 29.0 Å². The molecule has 0 radical (unpaired) electrons. The molecule has 6 nitrogen and oxygen atoms in total. The first-order valence-corrected chi connectivity index (χ1v) is 7.05. The molecule has 1 aromatic heterocycles. The molecule has 0 fully saturated rings. The van der Waals surface area contributed by atoms with E-state index in [2.05, 4.69) is 26.3 Å². The Morgan fingerprint density at radius 1 is 1.52 bits per heavy atom. The summed E-state index contributed by atoms with van der Waals surface area (Å²) in [6.07, 6.45) is 0.611. The predicted octanol–water partition coefficient (Wildman–Crippen LogP) is 3.19. The number of aromatic nitrogens is 2. The largest absolute Gasteiger partial charge is 0.364 e. The average Bonchev–Trinajstić information content (AvgIpc) is 2.68. The summed E-state index contributed by atoms with van der Waals surface area (Å²) >= 11 is 3.13. The summed E-state index contributed by atoms with van der Waals surface area (Å²) in [5, 5.41) is 18.1. The standard InChI is InChI=1S/C13H14BrFN4O2/c1-8-12(19(20)21)13(18(2)17-8)16-6-5-9-3-4-11(15)10(14)7-9/h3-4,7,16H,5-6H2,1-2H3. The SMILES string of the molecule is Cc1nn(C)c(NCCc2ccc(F)c(Br)c2)c1[N+](=O)[O-]. The number of rotatable bonds is 5. The maximum Gasteiger partial charge on any atom is 0.333 e. The third kappa shape index (κ3) is 3.38. The summed E-state index contributed by atoms with van der Waals surface area (Å²) in [7, 11) is 1.65. The molecule has 0 aliphatic heterocycles. The Labute approximate surface area is 129 Å². The molecule has 2 rings (SSSR count). The van der Waals surface area contributed by atoms with E-state index < -0.39 is 4.92 Å². The zero-order valence-corrected chi connectivity index (χ0v) is 13.1. The second-order valence-corrected chi connectivity index (χ2v) is 5.44. The Kier molecular flexibility index (Phi) is 4.56. The van der Waals surface area contributed by atoms with Crippen molar-refractivity contribution < 1.29 is 9.31 Å². The molecular formula is C13H14BrFN4O2. The number of nitrogens with one attached hydrogen (secondary N) is 1. The van der Waals surface area contributed by atoms with Gasteiger partial charge in [-0.1, -0.05) is 6.07 Å². The van der Waals surface area contributed by atoms with Crippen LogP contribution in [0.2, 0.25) is 0 Å². The van der Waals surface area contributed by atoms with Gasteiger partial charge >= 0.3 is 5.69 Å². The zero-order chi connectivity index (χ0) is 15.6. The van der Waals surface area contributed by atoms with Crippen LogP contribution in [0, 0.1) is 22.9 Å². The maximum atomic E-state index is 13.1. The first-order valence-electron chi connectivity index (χ1n) is 6.26. The first kappa shape index (κ1) is 15.4. The summed E-state index contributed by atoms with van der Waals surface area (Å²) in [5.41, 5.74) is 1.28. The number of anilines is 1. The first-order chi connectivity index (χ1) is 9.90. The fourth-order valence-corrected chi connectivity index (χ4v) is 2.51. The number of hydrogen-bond acceptors (Lipinski definition) is 4. The van der Waals surface area contributed by atoms with E-state index in [1.165, 1.54) is 10.7 Å². The molecule has 21 heavy (non-hydrogen) atoms. The Morgan fingerprint density at radius 2 is 2.24 bits per heavy atom. The van der Waals surface area contributed by atoms with Crippen molar-refractivity contribution in [3.05, 3.63) is 49.9 Å². The highest BCUT2D eigenvalue weighted by Gasteiger charge is 2.23. The lowest BCUT2D eigenvalue weighted by atomic mass is 10.1. The predicted molar refractivity (Wildman–Crippen MR) is 80.9 cm³/mol. The van der Waals surface area contributed by atoms with Gasteiger partial charge in [0, 0.05) is 13.6 Å². The monoisotopic (exact) mass is 356 g/mol. The van der Waals surface area contributed by atoms with Gasteiger partial charge in [0.1, 0.15) is 11.5 Å². The Hall–Kier alpha value is -1.96. The quantitative estimate of drug-likeness (QED) is 0.659. The molecule has 0 saturated carbocycles. The van der Waals surface area contributed by atoms with E-state index in [4.69, 9.17) is 0 Å². The van der Waals surface area contributed by atoms with Crippen LogP contribution in [0.3, 0.4) is 0 Å². The summed E-state index contributed by atoms with van der Waals surface area (Å²) < 4.78 is 15.0. The summed E-state index contributed by atoms with van der Waals surface area (Å²) in [5.74, 6) is 0.0586. The minimum absolute atomic E-state index is 0.0159. The molecule has 0 saturated heterocycles. The molecule has 0 bridgehead atoms. The molecule has 0 unspecified atom stereocenters. The molecule has 1 N–H and O–H groups in total. The minimum Gasteiger partial charge on any atom is -0.364 e. The third-order valence-electron chi connectivity index (χ3n) is 3.06. The van der Waals surface area contributed by atoms with Crippen molar-refractivity contribution >= 4 is 27.4 Å². The molecule has 1 aromatic carbocycles. The van der Waals surface area contributed by atoms with E-state index in [0.717, 1.165) is 5.56 Å². The molecule has 2 aromatic rings. The van der Waals surface area contributed by atoms with Gasteiger partial charge in [-0.2, -0.15) is 5.10 Å². The van der Waals surface area contributed by atoms with Crippen LogP contribution in [0.4, 0.5) is 15.9 Å². The molecule has 112 valence electrons. The van der Waals surface area contributed by atoms with Gasteiger partial charge in [-0.05, 0) is 47.0 Å². The van der Waals surface area contributed by atoms with Crippen molar-refractivity contribution in [2.24, 2.45) is 7.05 Å². The maximum absolute atomic E-state index is 13.1.